The Hall–Kier alpha value is -2.37. The van der Waals surface area contributed by atoms with Gasteiger partial charge in [-0.2, -0.15) is 5.10 Å². The molecule has 6 nitrogen and oxygen atoms in total. The lowest BCUT2D eigenvalue weighted by atomic mass is 9.78. The molecule has 0 aromatic carbocycles. The first kappa shape index (κ1) is 17.1. The first-order valence-electron chi connectivity index (χ1n) is 9.45. The molecule has 138 valence electrons. The predicted octanol–water partition coefficient (Wildman–Crippen LogP) is 3.79. The molecule has 2 heterocycles. The van der Waals surface area contributed by atoms with Crippen LogP contribution in [-0.4, -0.2) is 34.8 Å². The van der Waals surface area contributed by atoms with Crippen molar-refractivity contribution in [3.8, 4) is 11.6 Å². The van der Waals surface area contributed by atoms with Crippen LogP contribution in [-0.2, 0) is 0 Å². The number of methoxy groups -OCH3 is 1. The van der Waals surface area contributed by atoms with Gasteiger partial charge in [-0.25, -0.2) is 4.98 Å². The van der Waals surface area contributed by atoms with Gasteiger partial charge in [-0.1, -0.05) is 12.8 Å². The van der Waals surface area contributed by atoms with Crippen LogP contribution < -0.4 is 9.47 Å². The molecule has 0 bridgehead atoms. The molecule has 2 saturated carbocycles. The zero-order valence-corrected chi connectivity index (χ0v) is 15.1. The number of carbonyl (C=O) groups is 1. The summed E-state index contributed by atoms with van der Waals surface area (Å²) >= 11 is 0. The summed E-state index contributed by atoms with van der Waals surface area (Å²) in [6, 6.07) is 4.38. The Morgan fingerprint density at radius 1 is 1.27 bits per heavy atom. The summed E-state index contributed by atoms with van der Waals surface area (Å²) in [6.45, 7) is 0.593. The summed E-state index contributed by atoms with van der Waals surface area (Å²) in [6.07, 6.45) is 11.6. The lowest BCUT2D eigenvalue weighted by molar-refractivity contribution is 0.111. The van der Waals surface area contributed by atoms with Crippen LogP contribution in [0.5, 0.6) is 11.6 Å². The third-order valence-electron chi connectivity index (χ3n) is 5.54. The molecule has 2 aliphatic rings. The first-order chi connectivity index (χ1) is 12.8. The number of aromatic nitrogens is 3. The van der Waals surface area contributed by atoms with E-state index in [1.54, 1.807) is 12.3 Å². The lowest BCUT2D eigenvalue weighted by Crippen LogP contribution is -2.26. The van der Waals surface area contributed by atoms with Gasteiger partial charge < -0.3 is 9.47 Å². The number of ether oxygens (including phenoxy) is 2. The van der Waals surface area contributed by atoms with Gasteiger partial charge in [0, 0.05) is 29.8 Å². The van der Waals surface area contributed by atoms with E-state index in [2.05, 4.69) is 20.8 Å². The molecule has 0 saturated heterocycles. The minimum Gasteiger partial charge on any atom is -0.491 e. The Labute approximate surface area is 153 Å². The molecule has 26 heavy (non-hydrogen) atoms. The smallest absolute Gasteiger partial charge is 0.213 e. The summed E-state index contributed by atoms with van der Waals surface area (Å²) in [7, 11) is 1.53. The monoisotopic (exact) mass is 355 g/mol. The Morgan fingerprint density at radius 2 is 2.12 bits per heavy atom. The van der Waals surface area contributed by atoms with Gasteiger partial charge in [0.1, 0.15) is 5.75 Å². The van der Waals surface area contributed by atoms with E-state index in [4.69, 9.17) is 9.47 Å². The number of nitrogens with zero attached hydrogens (tertiary/aromatic N) is 3. The molecule has 2 fully saturated rings. The Balaban J connectivity index is 1.49. The number of rotatable bonds is 7. The Bertz CT molecular complexity index is 769. The molecular formula is C20H25N3O3. The van der Waals surface area contributed by atoms with Crippen LogP contribution in [0, 0.1) is 5.92 Å². The molecule has 2 aliphatic carbocycles. The second-order valence-corrected chi connectivity index (χ2v) is 7.28. The highest BCUT2D eigenvalue weighted by atomic mass is 16.5. The van der Waals surface area contributed by atoms with Crippen molar-refractivity contribution in [3.63, 3.8) is 0 Å². The molecule has 0 N–H and O–H groups in total. The van der Waals surface area contributed by atoms with Gasteiger partial charge in [0.2, 0.25) is 5.88 Å². The zero-order valence-electron chi connectivity index (χ0n) is 15.1. The molecule has 0 radical (unpaired) electrons. The number of aldehydes is 1. The fraction of sp³-hybridized carbons (Fsp3) is 0.550. The van der Waals surface area contributed by atoms with E-state index in [0.717, 1.165) is 12.7 Å². The van der Waals surface area contributed by atoms with Gasteiger partial charge in [-0.3, -0.25) is 9.48 Å². The van der Waals surface area contributed by atoms with E-state index in [0.29, 0.717) is 41.7 Å². The number of pyridine rings is 1. The van der Waals surface area contributed by atoms with Crippen LogP contribution in [0.15, 0.2) is 24.5 Å². The van der Waals surface area contributed by atoms with Crippen molar-refractivity contribution < 1.29 is 14.3 Å². The van der Waals surface area contributed by atoms with Gasteiger partial charge in [0.15, 0.2) is 6.29 Å². The third kappa shape index (κ3) is 3.45. The standard InChI is InChI=1S/C20H25N3O3/c1-25-20-10-15(12-24)19(11-21-20)26-13-14-4-2-3-5-17(14)18-8-9-22-23(18)16-6-7-16/h8-12,14,16-17H,2-7,13H2,1H3. The van der Waals surface area contributed by atoms with Crippen molar-refractivity contribution >= 4 is 6.29 Å². The summed E-state index contributed by atoms with van der Waals surface area (Å²) in [4.78, 5) is 15.5. The Kier molecular flexibility index (Phi) is 4.91. The van der Waals surface area contributed by atoms with Crippen LogP contribution in [0.4, 0.5) is 0 Å². The first-order valence-corrected chi connectivity index (χ1v) is 9.45. The van der Waals surface area contributed by atoms with E-state index in [1.807, 2.05) is 6.20 Å². The summed E-state index contributed by atoms with van der Waals surface area (Å²) < 4.78 is 13.3. The topological polar surface area (TPSA) is 66.2 Å². The van der Waals surface area contributed by atoms with E-state index in [9.17, 15) is 4.79 Å². The van der Waals surface area contributed by atoms with Crippen LogP contribution in [0.1, 0.15) is 66.5 Å². The number of hydrogen-bond donors (Lipinski definition) is 0. The summed E-state index contributed by atoms with van der Waals surface area (Å²) in [5.74, 6) is 1.85. The second-order valence-electron chi connectivity index (χ2n) is 7.28. The summed E-state index contributed by atoms with van der Waals surface area (Å²) in [5.41, 5.74) is 1.83. The molecule has 0 spiro atoms. The largest absolute Gasteiger partial charge is 0.491 e. The van der Waals surface area contributed by atoms with E-state index in [-0.39, 0.29) is 0 Å². The van der Waals surface area contributed by atoms with Crippen LogP contribution in [0.2, 0.25) is 0 Å². The maximum atomic E-state index is 11.3. The molecule has 2 unspecified atom stereocenters. The minimum absolute atomic E-state index is 0.420. The SMILES string of the molecule is COc1cc(C=O)c(OCC2CCCCC2c2ccnn2C2CC2)cn1. The summed E-state index contributed by atoms with van der Waals surface area (Å²) in [5, 5.41) is 4.56. The molecule has 0 aliphatic heterocycles. The quantitative estimate of drug-likeness (QED) is 0.707. The second kappa shape index (κ2) is 7.48. The lowest BCUT2D eigenvalue weighted by Gasteiger charge is -2.32. The number of hydrogen-bond acceptors (Lipinski definition) is 5. The highest BCUT2D eigenvalue weighted by Gasteiger charge is 2.33. The average molecular weight is 355 g/mol. The van der Waals surface area contributed by atoms with E-state index < -0.39 is 0 Å². The molecule has 0 amide bonds. The van der Waals surface area contributed by atoms with E-state index >= 15 is 0 Å². The maximum Gasteiger partial charge on any atom is 0.213 e. The van der Waals surface area contributed by atoms with Crippen molar-refractivity contribution in [3.05, 3.63) is 35.8 Å². The average Bonchev–Trinajstić information content (AvgIpc) is 3.43. The minimum atomic E-state index is 0.420. The van der Waals surface area contributed by atoms with Gasteiger partial charge >= 0.3 is 0 Å². The molecule has 2 atom stereocenters. The van der Waals surface area contributed by atoms with Crippen LogP contribution >= 0.6 is 0 Å². The molecular weight excluding hydrogens is 330 g/mol. The van der Waals surface area contributed by atoms with Crippen LogP contribution in [0.3, 0.4) is 0 Å². The Morgan fingerprint density at radius 3 is 2.88 bits per heavy atom. The van der Waals surface area contributed by atoms with E-state index in [1.165, 1.54) is 44.9 Å². The molecule has 2 aromatic heterocycles. The highest BCUT2D eigenvalue weighted by molar-refractivity contribution is 5.79. The van der Waals surface area contributed by atoms with Crippen molar-refractivity contribution in [2.45, 2.75) is 50.5 Å². The van der Waals surface area contributed by atoms with Gasteiger partial charge in [-0.15, -0.1) is 0 Å². The van der Waals surface area contributed by atoms with Crippen molar-refractivity contribution in [2.24, 2.45) is 5.92 Å². The maximum absolute atomic E-state index is 11.3. The fourth-order valence-electron chi connectivity index (χ4n) is 4.00. The number of carbonyl (C=O) groups excluding carboxylic acids is 1. The fourth-order valence-corrected chi connectivity index (χ4v) is 4.00. The van der Waals surface area contributed by atoms with Gasteiger partial charge in [0.05, 0.1) is 31.5 Å². The molecule has 4 rings (SSSR count). The van der Waals surface area contributed by atoms with Crippen molar-refractivity contribution in [2.75, 3.05) is 13.7 Å². The highest BCUT2D eigenvalue weighted by Crippen LogP contribution is 2.42. The van der Waals surface area contributed by atoms with Gasteiger partial charge in [-0.05, 0) is 31.7 Å². The van der Waals surface area contributed by atoms with Crippen LogP contribution in [0.25, 0.3) is 0 Å². The van der Waals surface area contributed by atoms with Gasteiger partial charge in [0.25, 0.3) is 0 Å². The zero-order chi connectivity index (χ0) is 17.9. The normalized spacial score (nSPS) is 22.8. The van der Waals surface area contributed by atoms with Crippen molar-refractivity contribution in [1.29, 1.82) is 0 Å². The molecule has 2 aromatic rings. The third-order valence-corrected chi connectivity index (χ3v) is 5.54. The van der Waals surface area contributed by atoms with Crippen molar-refractivity contribution in [1.82, 2.24) is 14.8 Å². The molecule has 6 heteroatoms. The predicted molar refractivity (Wildman–Crippen MR) is 96.9 cm³/mol.